The summed E-state index contributed by atoms with van der Waals surface area (Å²) in [4.78, 5) is 3.31. The third kappa shape index (κ3) is 5.48. The zero-order chi connectivity index (χ0) is 31.4. The molecule has 0 aliphatic carbocycles. The minimum absolute atomic E-state index is 0.0297. The molecule has 0 radical (unpaired) electrons. The molecule has 0 saturated carbocycles. The molecule has 15 heteroatoms. The van der Waals surface area contributed by atoms with Gasteiger partial charge in [0.15, 0.2) is 0 Å². The molecule has 0 unspecified atom stereocenters. The summed E-state index contributed by atoms with van der Waals surface area (Å²) in [6.07, 6.45) is -4.51. The van der Waals surface area contributed by atoms with Crippen LogP contribution in [0.2, 0.25) is 0 Å². The Morgan fingerprint density at radius 1 is 0.837 bits per heavy atom. The number of alkyl halides is 3. The van der Waals surface area contributed by atoms with Crippen molar-refractivity contribution in [2.45, 2.75) is 30.3 Å². The average Bonchev–Trinajstić information content (AvgIpc) is 2.97. The number of aromatic nitrogens is 1. The van der Waals surface area contributed by atoms with Crippen LogP contribution in [0.5, 0.6) is 11.5 Å². The number of hydrogen-bond acceptors (Lipinski definition) is 5. The van der Waals surface area contributed by atoms with E-state index in [1.807, 2.05) is 0 Å². The van der Waals surface area contributed by atoms with Gasteiger partial charge in [0.25, 0.3) is 0 Å². The second kappa shape index (κ2) is 10.8. The lowest BCUT2D eigenvalue weighted by Gasteiger charge is -2.28. The smallest absolute Gasteiger partial charge is 0.416 e. The molecule has 0 fully saturated rings. The van der Waals surface area contributed by atoms with Crippen LogP contribution in [0.4, 0.5) is 39.5 Å². The molecule has 0 saturated heterocycles. The van der Waals surface area contributed by atoms with E-state index in [1.54, 1.807) is 0 Å². The quantitative estimate of drug-likeness (QED) is 0.0981. The zero-order valence-corrected chi connectivity index (χ0v) is 22.3. The van der Waals surface area contributed by atoms with Gasteiger partial charge in [0.1, 0.15) is 16.5 Å². The van der Waals surface area contributed by atoms with E-state index in [-0.39, 0.29) is 35.7 Å². The van der Waals surface area contributed by atoms with Crippen LogP contribution in [0.1, 0.15) is 34.7 Å². The fraction of sp³-hybridized carbons (Fsp3) is 0.179. The molecule has 5 rings (SSSR count). The fourth-order valence-corrected chi connectivity index (χ4v) is 5.56. The van der Waals surface area contributed by atoms with E-state index in [4.69, 9.17) is 4.74 Å². The first-order valence-electron chi connectivity index (χ1n) is 12.2. The molecular weight excluding hydrogens is 617 g/mol. The van der Waals surface area contributed by atoms with Gasteiger partial charge in [0.2, 0.25) is 34.8 Å². The summed E-state index contributed by atoms with van der Waals surface area (Å²) in [5.41, 5.74) is -0.359. The summed E-state index contributed by atoms with van der Waals surface area (Å²) in [6, 6.07) is 8.20. The van der Waals surface area contributed by atoms with Crippen molar-refractivity contribution in [2.75, 3.05) is 6.61 Å². The molecular formula is C28H16F9NO4S. The first-order chi connectivity index (χ1) is 20.1. The van der Waals surface area contributed by atoms with Gasteiger partial charge >= 0.3 is 16.3 Å². The molecule has 4 aromatic rings. The highest BCUT2D eigenvalue weighted by molar-refractivity contribution is 7.87. The number of benzene rings is 3. The van der Waals surface area contributed by atoms with Gasteiger partial charge in [-0.15, -0.1) is 0 Å². The Morgan fingerprint density at radius 3 is 2.09 bits per heavy atom. The van der Waals surface area contributed by atoms with Gasteiger partial charge in [-0.3, -0.25) is 4.98 Å². The number of aryl methyl sites for hydroxylation is 1. The van der Waals surface area contributed by atoms with E-state index >= 15 is 0 Å². The second-order valence-electron chi connectivity index (χ2n) is 9.39. The number of halogens is 9. The number of pyridine rings is 1. The third-order valence-corrected chi connectivity index (χ3v) is 7.95. The van der Waals surface area contributed by atoms with Gasteiger partial charge in [0.05, 0.1) is 23.6 Å². The topological polar surface area (TPSA) is 65.5 Å². The van der Waals surface area contributed by atoms with Gasteiger partial charge in [-0.25, -0.2) is 17.6 Å². The van der Waals surface area contributed by atoms with Crippen molar-refractivity contribution in [3.8, 4) is 22.8 Å². The largest absolute Gasteiger partial charge is 0.493 e. The second-order valence-corrected chi connectivity index (χ2v) is 10.9. The van der Waals surface area contributed by atoms with E-state index in [9.17, 15) is 47.9 Å². The van der Waals surface area contributed by atoms with E-state index in [0.29, 0.717) is 11.1 Å². The molecule has 1 aliphatic heterocycles. The van der Waals surface area contributed by atoms with Crippen molar-refractivity contribution < 1.29 is 56.9 Å². The molecule has 43 heavy (non-hydrogen) atoms. The first kappa shape index (κ1) is 30.2. The van der Waals surface area contributed by atoms with Crippen LogP contribution in [-0.2, 0) is 16.3 Å². The SMILES string of the molecule is Cc1nc(-c2cc(C(F)(F)F)ccc2[C@H]2CCOc3cc(S(=O)(=O)Oc4c(F)c(F)c(F)c(F)c4F)ccc32)ccc1F. The normalized spacial score (nSPS) is 15.2. The van der Waals surface area contributed by atoms with Crippen LogP contribution in [0.3, 0.4) is 0 Å². The van der Waals surface area contributed by atoms with Gasteiger partial charge in [-0.2, -0.15) is 30.4 Å². The van der Waals surface area contributed by atoms with Gasteiger partial charge in [-0.1, -0.05) is 12.1 Å². The van der Waals surface area contributed by atoms with Crippen molar-refractivity contribution in [1.82, 2.24) is 4.98 Å². The summed E-state index contributed by atoms with van der Waals surface area (Å²) in [6.45, 7) is 1.28. The molecule has 2 heterocycles. The lowest BCUT2D eigenvalue weighted by molar-refractivity contribution is -0.137. The van der Waals surface area contributed by atoms with Crippen molar-refractivity contribution >= 4 is 10.1 Å². The molecule has 0 N–H and O–H groups in total. The van der Waals surface area contributed by atoms with Crippen LogP contribution in [0.15, 0.2) is 53.4 Å². The predicted octanol–water partition coefficient (Wildman–Crippen LogP) is 7.59. The van der Waals surface area contributed by atoms with Crippen LogP contribution in [0.25, 0.3) is 11.3 Å². The molecule has 0 amide bonds. The highest BCUT2D eigenvalue weighted by Crippen LogP contribution is 2.44. The van der Waals surface area contributed by atoms with Gasteiger partial charge < -0.3 is 8.92 Å². The lowest BCUT2D eigenvalue weighted by atomic mass is 9.82. The number of nitrogens with zero attached hydrogens (tertiary/aromatic N) is 1. The Balaban J connectivity index is 1.57. The molecule has 0 bridgehead atoms. The van der Waals surface area contributed by atoms with Gasteiger partial charge in [-0.05, 0) is 49.2 Å². The van der Waals surface area contributed by atoms with E-state index in [0.717, 1.165) is 30.3 Å². The van der Waals surface area contributed by atoms with Crippen molar-refractivity contribution in [3.63, 3.8) is 0 Å². The summed E-state index contributed by atoms with van der Waals surface area (Å²) < 4.78 is 159. The Bertz CT molecular complexity index is 1850. The molecule has 0 spiro atoms. The number of rotatable bonds is 5. The lowest BCUT2D eigenvalue weighted by Crippen LogP contribution is -2.18. The standard InChI is InChI=1S/C28H16F9NO4S/c1-12-19(29)6-7-20(38-12)18-10-13(28(35,36)37)2-4-15(18)16-8-9-41-21-11-14(3-5-17(16)21)43(39,40)42-27-25(33)23(31)22(30)24(32)26(27)34/h2-7,10-11,16H,8-9H2,1H3/t16-/m1/s1. The van der Waals surface area contributed by atoms with Crippen LogP contribution in [0, 0.1) is 41.8 Å². The Morgan fingerprint density at radius 2 is 1.47 bits per heavy atom. The van der Waals surface area contributed by atoms with Gasteiger partial charge in [0, 0.05) is 23.1 Å². The minimum atomic E-state index is -5.19. The maximum absolute atomic E-state index is 14.1. The number of fused-ring (bicyclic) bond motifs is 1. The summed E-state index contributed by atoms with van der Waals surface area (Å²) in [7, 11) is -5.19. The number of hydrogen-bond donors (Lipinski definition) is 0. The highest BCUT2D eigenvalue weighted by atomic mass is 32.2. The average molecular weight is 633 g/mol. The Labute approximate surface area is 237 Å². The molecule has 1 aromatic heterocycles. The summed E-state index contributed by atoms with van der Waals surface area (Å²) in [5, 5.41) is 0. The number of ether oxygens (including phenoxy) is 1. The van der Waals surface area contributed by atoms with Crippen molar-refractivity contribution in [1.29, 1.82) is 0 Å². The van der Waals surface area contributed by atoms with Crippen molar-refractivity contribution in [3.05, 3.63) is 106 Å². The predicted molar refractivity (Wildman–Crippen MR) is 132 cm³/mol. The summed E-state index contributed by atoms with van der Waals surface area (Å²) in [5.74, 6) is -15.9. The molecule has 226 valence electrons. The van der Waals surface area contributed by atoms with Crippen LogP contribution < -0.4 is 8.92 Å². The summed E-state index contributed by atoms with van der Waals surface area (Å²) >= 11 is 0. The fourth-order valence-electron chi connectivity index (χ4n) is 4.62. The molecule has 1 aliphatic rings. The maximum atomic E-state index is 14.1. The van der Waals surface area contributed by atoms with Crippen molar-refractivity contribution in [2.24, 2.45) is 0 Å². The molecule has 1 atom stereocenters. The first-order valence-corrected chi connectivity index (χ1v) is 13.6. The maximum Gasteiger partial charge on any atom is 0.416 e. The third-order valence-electron chi connectivity index (χ3n) is 6.73. The Kier molecular flexibility index (Phi) is 7.57. The molecule has 5 nitrogen and oxygen atoms in total. The zero-order valence-electron chi connectivity index (χ0n) is 21.5. The highest BCUT2D eigenvalue weighted by Gasteiger charge is 2.35. The monoisotopic (exact) mass is 633 g/mol. The van der Waals surface area contributed by atoms with E-state index < -0.39 is 73.3 Å². The van der Waals surface area contributed by atoms with Crippen LogP contribution >= 0.6 is 0 Å². The van der Waals surface area contributed by atoms with Crippen LogP contribution in [-0.4, -0.2) is 20.0 Å². The Hall–Kier alpha value is -4.27. The van der Waals surface area contributed by atoms with E-state index in [2.05, 4.69) is 9.17 Å². The molecule has 3 aromatic carbocycles. The minimum Gasteiger partial charge on any atom is -0.493 e. The van der Waals surface area contributed by atoms with E-state index in [1.165, 1.54) is 25.1 Å².